The average Bonchev–Trinajstić information content (AvgIpc) is 2.74. The Kier molecular flexibility index (Phi) is 2.98. The van der Waals surface area contributed by atoms with Crippen molar-refractivity contribution in [3.63, 3.8) is 0 Å². The van der Waals surface area contributed by atoms with Gasteiger partial charge >= 0.3 is 0 Å². The third-order valence-electron chi connectivity index (χ3n) is 2.39. The van der Waals surface area contributed by atoms with Crippen molar-refractivity contribution < 1.29 is 0 Å². The van der Waals surface area contributed by atoms with Crippen LogP contribution in [0.15, 0.2) is 55.6 Å². The number of hydrogen-bond donors (Lipinski definition) is 0. The van der Waals surface area contributed by atoms with Crippen molar-refractivity contribution in [2.45, 2.75) is 13.0 Å². The minimum Gasteiger partial charge on any atom is -0.333 e. The highest BCUT2D eigenvalue weighted by atomic mass is 15.0. The molecule has 0 aliphatic heterocycles. The van der Waals surface area contributed by atoms with E-state index in [1.54, 1.807) is 6.20 Å². The molecule has 0 spiro atoms. The number of allylic oxidation sites excluding steroid dienone is 1. The quantitative estimate of drug-likeness (QED) is 0.691. The maximum Gasteiger partial charge on any atom is 0.0949 e. The van der Waals surface area contributed by atoms with E-state index in [0.29, 0.717) is 0 Å². The number of benzene rings is 1. The summed E-state index contributed by atoms with van der Waals surface area (Å²) in [5, 5.41) is 0. The van der Waals surface area contributed by atoms with Crippen LogP contribution in [0.2, 0.25) is 0 Å². The Bertz CT molecular complexity index is 430. The van der Waals surface area contributed by atoms with Gasteiger partial charge in [-0.05, 0) is 17.5 Å². The molecule has 0 amide bonds. The highest BCUT2D eigenvalue weighted by Gasteiger charge is 2.00. The van der Waals surface area contributed by atoms with Gasteiger partial charge in [0.2, 0.25) is 0 Å². The van der Waals surface area contributed by atoms with E-state index in [1.165, 1.54) is 11.1 Å². The lowest BCUT2D eigenvalue weighted by molar-refractivity contribution is 0.789. The van der Waals surface area contributed by atoms with Crippen LogP contribution in [0.4, 0.5) is 0 Å². The number of aromatic nitrogens is 2. The SMILES string of the molecule is C=CCc1ccccc1Cn1ccnc1. The zero-order chi connectivity index (χ0) is 10.5. The van der Waals surface area contributed by atoms with Gasteiger partial charge in [-0.3, -0.25) is 0 Å². The van der Waals surface area contributed by atoms with E-state index in [0.717, 1.165) is 13.0 Å². The molecule has 15 heavy (non-hydrogen) atoms. The Labute approximate surface area is 89.9 Å². The molecule has 1 aromatic carbocycles. The van der Waals surface area contributed by atoms with E-state index in [1.807, 2.05) is 18.6 Å². The van der Waals surface area contributed by atoms with Gasteiger partial charge in [-0.25, -0.2) is 4.98 Å². The summed E-state index contributed by atoms with van der Waals surface area (Å²) < 4.78 is 2.07. The summed E-state index contributed by atoms with van der Waals surface area (Å²) in [6.07, 6.45) is 8.48. The van der Waals surface area contributed by atoms with Crippen LogP contribution < -0.4 is 0 Å². The van der Waals surface area contributed by atoms with Crippen molar-refractivity contribution in [2.24, 2.45) is 0 Å². The first-order valence-electron chi connectivity index (χ1n) is 5.03. The molecule has 0 saturated carbocycles. The standard InChI is InChI=1S/C13H14N2/c1-2-5-12-6-3-4-7-13(12)10-15-9-8-14-11-15/h2-4,6-9,11H,1,5,10H2. The molecule has 0 saturated heterocycles. The van der Waals surface area contributed by atoms with Crippen LogP contribution in [-0.4, -0.2) is 9.55 Å². The zero-order valence-corrected chi connectivity index (χ0v) is 8.63. The van der Waals surface area contributed by atoms with Crippen molar-refractivity contribution in [1.82, 2.24) is 9.55 Å². The summed E-state index contributed by atoms with van der Waals surface area (Å²) in [4.78, 5) is 4.04. The predicted octanol–water partition coefficient (Wildman–Crippen LogP) is 2.66. The molecular formula is C13H14N2. The van der Waals surface area contributed by atoms with Crippen LogP contribution >= 0.6 is 0 Å². The van der Waals surface area contributed by atoms with Crippen molar-refractivity contribution in [3.8, 4) is 0 Å². The van der Waals surface area contributed by atoms with Gasteiger partial charge in [0, 0.05) is 18.9 Å². The number of hydrogen-bond acceptors (Lipinski definition) is 1. The van der Waals surface area contributed by atoms with Crippen LogP contribution in [0, 0.1) is 0 Å². The molecule has 1 aromatic heterocycles. The van der Waals surface area contributed by atoms with Crippen molar-refractivity contribution in [2.75, 3.05) is 0 Å². The maximum absolute atomic E-state index is 4.04. The highest BCUT2D eigenvalue weighted by molar-refractivity contribution is 5.28. The van der Waals surface area contributed by atoms with E-state index in [2.05, 4.69) is 40.4 Å². The van der Waals surface area contributed by atoms with E-state index < -0.39 is 0 Å². The lowest BCUT2D eigenvalue weighted by atomic mass is 10.0. The average molecular weight is 198 g/mol. The Morgan fingerprint density at radius 1 is 1.27 bits per heavy atom. The fraction of sp³-hybridized carbons (Fsp3) is 0.154. The van der Waals surface area contributed by atoms with Crippen LogP contribution in [-0.2, 0) is 13.0 Å². The molecule has 2 nitrogen and oxygen atoms in total. The minimum atomic E-state index is 0.879. The second-order valence-corrected chi connectivity index (χ2v) is 3.50. The van der Waals surface area contributed by atoms with Crippen LogP contribution in [0.25, 0.3) is 0 Å². The molecule has 2 rings (SSSR count). The molecule has 0 N–H and O–H groups in total. The van der Waals surface area contributed by atoms with Gasteiger partial charge in [0.1, 0.15) is 0 Å². The second-order valence-electron chi connectivity index (χ2n) is 3.50. The van der Waals surface area contributed by atoms with Gasteiger partial charge in [0.25, 0.3) is 0 Å². The Morgan fingerprint density at radius 3 is 2.73 bits per heavy atom. The molecule has 0 fully saturated rings. The predicted molar refractivity (Wildman–Crippen MR) is 61.7 cm³/mol. The molecule has 0 unspecified atom stereocenters. The highest BCUT2D eigenvalue weighted by Crippen LogP contribution is 2.11. The lowest BCUT2D eigenvalue weighted by Crippen LogP contribution is -2.00. The van der Waals surface area contributed by atoms with Gasteiger partial charge in [0.15, 0.2) is 0 Å². The molecular weight excluding hydrogens is 184 g/mol. The van der Waals surface area contributed by atoms with Crippen LogP contribution in [0.3, 0.4) is 0 Å². The summed E-state index contributed by atoms with van der Waals surface area (Å²) in [6.45, 7) is 4.65. The first kappa shape index (κ1) is 9.71. The zero-order valence-electron chi connectivity index (χ0n) is 8.63. The normalized spacial score (nSPS) is 10.1. The van der Waals surface area contributed by atoms with Gasteiger partial charge in [-0.1, -0.05) is 30.3 Å². The third-order valence-corrected chi connectivity index (χ3v) is 2.39. The van der Waals surface area contributed by atoms with Gasteiger partial charge in [-0.2, -0.15) is 0 Å². The summed E-state index contributed by atoms with van der Waals surface area (Å²) >= 11 is 0. The van der Waals surface area contributed by atoms with Gasteiger partial charge < -0.3 is 4.57 Å². The smallest absolute Gasteiger partial charge is 0.0949 e. The molecule has 0 aliphatic rings. The number of nitrogens with zero attached hydrogens (tertiary/aromatic N) is 2. The number of rotatable bonds is 4. The van der Waals surface area contributed by atoms with E-state index in [-0.39, 0.29) is 0 Å². The topological polar surface area (TPSA) is 17.8 Å². The fourth-order valence-electron chi connectivity index (χ4n) is 1.64. The van der Waals surface area contributed by atoms with Crippen LogP contribution in [0.1, 0.15) is 11.1 Å². The van der Waals surface area contributed by atoms with Crippen molar-refractivity contribution in [3.05, 3.63) is 66.8 Å². The van der Waals surface area contributed by atoms with Gasteiger partial charge in [0.05, 0.1) is 6.33 Å². The molecule has 0 bridgehead atoms. The summed E-state index contributed by atoms with van der Waals surface area (Å²) in [6, 6.07) is 8.43. The Morgan fingerprint density at radius 2 is 2.07 bits per heavy atom. The molecule has 76 valence electrons. The minimum absolute atomic E-state index is 0.879. The summed E-state index contributed by atoms with van der Waals surface area (Å²) in [5.41, 5.74) is 2.66. The van der Waals surface area contributed by atoms with E-state index >= 15 is 0 Å². The van der Waals surface area contributed by atoms with Crippen molar-refractivity contribution in [1.29, 1.82) is 0 Å². The van der Waals surface area contributed by atoms with E-state index in [9.17, 15) is 0 Å². The molecule has 0 radical (unpaired) electrons. The van der Waals surface area contributed by atoms with E-state index in [4.69, 9.17) is 0 Å². The Hall–Kier alpha value is -1.83. The monoisotopic (exact) mass is 198 g/mol. The largest absolute Gasteiger partial charge is 0.333 e. The first-order chi connectivity index (χ1) is 7.40. The molecule has 0 atom stereocenters. The molecule has 0 aliphatic carbocycles. The molecule has 2 heteroatoms. The molecule has 1 heterocycles. The van der Waals surface area contributed by atoms with Crippen molar-refractivity contribution >= 4 is 0 Å². The summed E-state index contributed by atoms with van der Waals surface area (Å²) in [5.74, 6) is 0. The lowest BCUT2D eigenvalue weighted by Gasteiger charge is -2.07. The van der Waals surface area contributed by atoms with Gasteiger partial charge in [-0.15, -0.1) is 6.58 Å². The summed E-state index contributed by atoms with van der Waals surface area (Å²) in [7, 11) is 0. The van der Waals surface area contributed by atoms with Crippen LogP contribution in [0.5, 0.6) is 0 Å². The maximum atomic E-state index is 4.04. The first-order valence-corrected chi connectivity index (χ1v) is 5.03. The Balaban J connectivity index is 2.23. The fourth-order valence-corrected chi connectivity index (χ4v) is 1.64. The molecule has 2 aromatic rings. The number of imidazole rings is 1. The third kappa shape index (κ3) is 2.34. The second kappa shape index (κ2) is 4.60.